The van der Waals surface area contributed by atoms with E-state index < -0.39 is 89.8 Å². The van der Waals surface area contributed by atoms with Gasteiger partial charge in [-0.2, -0.15) is 13.2 Å². The highest BCUT2D eigenvalue weighted by Crippen LogP contribution is 2.65. The SMILES string of the molecule is CN(C)C(=O)[C@@H](NC(=O)CNC(=O)C(=O)[C@H](CC1CCC1)NC(=O)[C@@H]1[C@@H]2[C@H](CN1C(=O)[C@@H](NC(=O)OC(C)(C)C(F)(F)F)C1CCCCC1)C2(C)C)c1ccccc1. The molecular formula is C41H57F3N6O8. The molecule has 58 heavy (non-hydrogen) atoms. The third kappa shape index (κ3) is 9.93. The number of nitrogens with one attached hydrogen (secondary N) is 4. The van der Waals surface area contributed by atoms with Crippen molar-refractivity contribution in [2.24, 2.45) is 29.1 Å². The molecule has 0 spiro atoms. The maximum absolute atomic E-state index is 14.5. The molecule has 1 aromatic carbocycles. The van der Waals surface area contributed by atoms with Gasteiger partial charge in [-0.25, -0.2) is 4.79 Å². The van der Waals surface area contributed by atoms with Crippen molar-refractivity contribution in [1.29, 1.82) is 0 Å². The lowest BCUT2D eigenvalue weighted by molar-refractivity contribution is -0.244. The van der Waals surface area contributed by atoms with Crippen molar-refractivity contribution in [2.75, 3.05) is 27.2 Å². The number of likely N-dealkylation sites (N-methyl/N-ethyl adjacent to an activating group) is 1. The van der Waals surface area contributed by atoms with Crippen LogP contribution in [-0.4, -0.2) is 108 Å². The second kappa shape index (κ2) is 17.7. The van der Waals surface area contributed by atoms with E-state index in [1.54, 1.807) is 30.3 Å². The van der Waals surface area contributed by atoms with E-state index >= 15 is 0 Å². The molecule has 0 unspecified atom stereocenters. The quantitative estimate of drug-likeness (QED) is 0.193. The van der Waals surface area contributed by atoms with Gasteiger partial charge in [-0.15, -0.1) is 0 Å². The van der Waals surface area contributed by atoms with E-state index in [2.05, 4.69) is 21.3 Å². The second-order valence-corrected chi connectivity index (χ2v) is 17.6. The molecule has 4 fully saturated rings. The summed E-state index contributed by atoms with van der Waals surface area (Å²) in [5.74, 6) is -5.28. The fourth-order valence-corrected chi connectivity index (χ4v) is 8.65. The highest BCUT2D eigenvalue weighted by Gasteiger charge is 2.70. The molecule has 0 aromatic heterocycles. The number of alkyl carbamates (subject to hydrolysis) is 1. The maximum Gasteiger partial charge on any atom is 0.427 e. The normalized spacial score (nSPS) is 23.2. The molecule has 0 bridgehead atoms. The Morgan fingerprint density at radius 1 is 0.897 bits per heavy atom. The summed E-state index contributed by atoms with van der Waals surface area (Å²) in [6.07, 6.45) is -0.164. The first kappa shape index (κ1) is 44.4. The number of likely N-dealkylation sites (tertiary alicyclic amines) is 1. The van der Waals surface area contributed by atoms with E-state index in [1.807, 2.05) is 13.8 Å². The van der Waals surface area contributed by atoms with Gasteiger partial charge in [0.15, 0.2) is 0 Å². The monoisotopic (exact) mass is 818 g/mol. The Bertz CT molecular complexity index is 1730. The average Bonchev–Trinajstić information content (AvgIpc) is 3.45. The van der Waals surface area contributed by atoms with Crippen LogP contribution in [0.25, 0.3) is 0 Å². The van der Waals surface area contributed by atoms with Crippen molar-refractivity contribution in [2.45, 2.75) is 121 Å². The van der Waals surface area contributed by atoms with Crippen molar-refractivity contribution in [3.05, 3.63) is 35.9 Å². The van der Waals surface area contributed by atoms with Gasteiger partial charge in [-0.05, 0) is 67.8 Å². The first-order valence-electron chi connectivity index (χ1n) is 20.2. The molecule has 3 aliphatic carbocycles. The fraction of sp³-hybridized carbons (Fsp3) is 0.683. The van der Waals surface area contributed by atoms with Crippen molar-refractivity contribution in [3.8, 4) is 0 Å². The van der Waals surface area contributed by atoms with E-state index in [0.717, 1.165) is 38.5 Å². The number of carbonyl (C=O) groups excluding carboxylic acids is 7. The highest BCUT2D eigenvalue weighted by molar-refractivity contribution is 6.38. The van der Waals surface area contributed by atoms with Gasteiger partial charge in [-0.1, -0.05) is 82.7 Å². The van der Waals surface area contributed by atoms with Gasteiger partial charge >= 0.3 is 12.3 Å². The predicted octanol–water partition coefficient (Wildman–Crippen LogP) is 3.79. The molecule has 4 aliphatic rings. The minimum atomic E-state index is -4.87. The summed E-state index contributed by atoms with van der Waals surface area (Å²) < 4.78 is 45.6. The van der Waals surface area contributed by atoms with Crippen LogP contribution in [-0.2, 0) is 33.5 Å². The Hall–Kier alpha value is -4.70. The van der Waals surface area contributed by atoms with Gasteiger partial charge in [0.25, 0.3) is 5.91 Å². The molecule has 14 nitrogen and oxygen atoms in total. The van der Waals surface area contributed by atoms with Crippen LogP contribution < -0.4 is 21.3 Å². The summed E-state index contributed by atoms with van der Waals surface area (Å²) in [4.78, 5) is 97.3. The zero-order chi connectivity index (χ0) is 42.7. The summed E-state index contributed by atoms with van der Waals surface area (Å²) >= 11 is 0. The second-order valence-electron chi connectivity index (χ2n) is 17.6. The molecule has 17 heteroatoms. The zero-order valence-electron chi connectivity index (χ0n) is 34.1. The number of hydrogen-bond acceptors (Lipinski definition) is 8. The zero-order valence-corrected chi connectivity index (χ0v) is 34.1. The third-order valence-electron chi connectivity index (χ3n) is 12.6. The Morgan fingerprint density at radius 3 is 2.10 bits per heavy atom. The summed E-state index contributed by atoms with van der Waals surface area (Å²) in [5.41, 5.74) is -2.66. The van der Waals surface area contributed by atoms with Crippen molar-refractivity contribution < 1.29 is 51.5 Å². The van der Waals surface area contributed by atoms with Crippen molar-refractivity contribution >= 4 is 41.4 Å². The summed E-state index contributed by atoms with van der Waals surface area (Å²) in [5, 5.41) is 10.1. The van der Waals surface area contributed by atoms with Gasteiger partial charge in [0.2, 0.25) is 35.0 Å². The molecule has 1 heterocycles. The smallest absolute Gasteiger partial charge is 0.427 e. The molecule has 1 saturated heterocycles. The van der Waals surface area contributed by atoms with Crippen LogP contribution in [0.15, 0.2) is 30.3 Å². The van der Waals surface area contributed by atoms with E-state index in [-0.39, 0.29) is 36.1 Å². The van der Waals surface area contributed by atoms with Gasteiger partial charge in [-0.3, -0.25) is 28.8 Å². The first-order valence-corrected chi connectivity index (χ1v) is 20.2. The Morgan fingerprint density at radius 2 is 1.53 bits per heavy atom. The summed E-state index contributed by atoms with van der Waals surface area (Å²) in [6, 6.07) is 3.87. The van der Waals surface area contributed by atoms with Crippen LogP contribution in [0.1, 0.15) is 97.1 Å². The minimum absolute atomic E-state index is 0.0484. The van der Waals surface area contributed by atoms with Gasteiger partial charge in [0, 0.05) is 20.6 Å². The van der Waals surface area contributed by atoms with Crippen LogP contribution in [0.5, 0.6) is 0 Å². The van der Waals surface area contributed by atoms with Crippen molar-refractivity contribution in [3.63, 3.8) is 0 Å². The molecule has 4 N–H and O–H groups in total. The lowest BCUT2D eigenvalue weighted by atomic mass is 9.80. The summed E-state index contributed by atoms with van der Waals surface area (Å²) in [7, 11) is 3.08. The Balaban J connectivity index is 1.30. The van der Waals surface area contributed by atoms with E-state index in [0.29, 0.717) is 32.3 Å². The third-order valence-corrected chi connectivity index (χ3v) is 12.6. The lowest BCUT2D eigenvalue weighted by Crippen LogP contribution is -2.60. The number of carbonyl (C=O) groups is 7. The highest BCUT2D eigenvalue weighted by atomic mass is 19.4. The number of amides is 6. The Kier molecular flexibility index (Phi) is 13.5. The van der Waals surface area contributed by atoms with E-state index in [1.165, 1.54) is 23.9 Å². The fourth-order valence-electron chi connectivity index (χ4n) is 8.65. The summed E-state index contributed by atoms with van der Waals surface area (Å²) in [6.45, 7) is 4.88. The van der Waals surface area contributed by atoms with Crippen LogP contribution in [0, 0.1) is 29.1 Å². The number of halogens is 3. The Labute approximate surface area is 337 Å². The topological polar surface area (TPSA) is 183 Å². The number of ether oxygens (including phenoxy) is 1. The predicted molar refractivity (Wildman–Crippen MR) is 204 cm³/mol. The molecular weight excluding hydrogens is 761 g/mol. The van der Waals surface area contributed by atoms with Gasteiger partial charge < -0.3 is 35.8 Å². The standard InChI is InChI=1S/C41H57F3N6O8/c1-39(2)26-22-50(37(56)31(25-18-11-8-12-19-25)48-38(57)58-40(3,4)41(42,43)44)32(29(26)39)34(53)46-27(20-23-14-13-15-23)33(52)35(54)45-21-28(51)47-30(36(55)49(5)6)24-16-9-7-10-17-24/h7,9-10,16-17,23,25-27,29-32H,8,11-15,18-22H2,1-6H3,(H,45,54)(H,46,53)(H,47,51)(H,48,57)/t26-,27-,29-,30-,31-,32-/m0/s1. The molecule has 1 aliphatic heterocycles. The number of rotatable bonds is 15. The molecule has 6 atom stereocenters. The molecule has 320 valence electrons. The van der Waals surface area contributed by atoms with Crippen molar-refractivity contribution in [1.82, 2.24) is 31.1 Å². The molecule has 0 radical (unpaired) electrons. The number of Topliss-reactive ketones (excluding diaryl/α,β-unsaturated/α-hetero) is 1. The van der Waals surface area contributed by atoms with Crippen LogP contribution in [0.4, 0.5) is 18.0 Å². The number of piperidine rings is 1. The number of benzene rings is 1. The average molecular weight is 819 g/mol. The lowest BCUT2D eigenvalue weighted by Gasteiger charge is -2.38. The molecule has 3 saturated carbocycles. The molecule has 5 rings (SSSR count). The van der Waals surface area contributed by atoms with Crippen LogP contribution in [0.2, 0.25) is 0 Å². The van der Waals surface area contributed by atoms with Crippen LogP contribution >= 0.6 is 0 Å². The van der Waals surface area contributed by atoms with Crippen LogP contribution in [0.3, 0.4) is 0 Å². The maximum atomic E-state index is 14.5. The first-order chi connectivity index (χ1) is 27.1. The number of fused-ring (bicyclic) bond motifs is 1. The minimum Gasteiger partial charge on any atom is -0.434 e. The number of hydrogen-bond donors (Lipinski definition) is 4. The van der Waals surface area contributed by atoms with E-state index in [4.69, 9.17) is 4.74 Å². The molecule has 6 amide bonds. The largest absolute Gasteiger partial charge is 0.434 e. The number of alkyl halides is 3. The van der Waals surface area contributed by atoms with Gasteiger partial charge in [0.05, 0.1) is 12.6 Å². The van der Waals surface area contributed by atoms with E-state index in [9.17, 15) is 46.7 Å². The molecule has 1 aromatic rings. The van der Waals surface area contributed by atoms with Gasteiger partial charge in [0.1, 0.15) is 18.1 Å². The number of ketones is 1. The number of nitrogens with zero attached hydrogens (tertiary/aromatic N) is 2.